The Morgan fingerprint density at radius 3 is 2.69 bits per heavy atom. The van der Waals surface area contributed by atoms with E-state index in [4.69, 9.17) is 0 Å². The standard InChI is InChI=1S/C19H15BrN4O2/c1-12-10-18-23(11-17(25)21-15-8-4-3-7-14(15)20)19(26)13-6-2-5-9-16(13)24(18)22-12/h2-10H,11H2,1H3,(H,21,25). The number of fused-ring (bicyclic) bond motifs is 3. The van der Waals surface area contributed by atoms with Crippen LogP contribution in [0, 0.1) is 6.92 Å². The van der Waals surface area contributed by atoms with Gasteiger partial charge in [0.15, 0.2) is 0 Å². The first-order chi connectivity index (χ1) is 12.5. The summed E-state index contributed by atoms with van der Waals surface area (Å²) in [6.45, 7) is 1.76. The Morgan fingerprint density at radius 1 is 1.15 bits per heavy atom. The van der Waals surface area contributed by atoms with E-state index < -0.39 is 0 Å². The summed E-state index contributed by atoms with van der Waals surface area (Å²) in [5, 5.41) is 7.82. The number of rotatable bonds is 3. The molecule has 0 spiro atoms. The van der Waals surface area contributed by atoms with Crippen LogP contribution in [0.4, 0.5) is 5.69 Å². The second kappa shape index (κ2) is 6.42. The molecule has 1 amide bonds. The monoisotopic (exact) mass is 410 g/mol. The molecule has 2 aromatic carbocycles. The van der Waals surface area contributed by atoms with E-state index in [-0.39, 0.29) is 18.0 Å². The van der Waals surface area contributed by atoms with Gasteiger partial charge in [-0.25, -0.2) is 4.52 Å². The SMILES string of the molecule is Cc1cc2n(CC(=O)Nc3ccccc3Br)c(=O)c3ccccc3n2n1. The van der Waals surface area contributed by atoms with Crippen molar-refractivity contribution in [1.29, 1.82) is 0 Å². The van der Waals surface area contributed by atoms with E-state index in [0.29, 0.717) is 16.7 Å². The van der Waals surface area contributed by atoms with Gasteiger partial charge in [-0.2, -0.15) is 5.10 Å². The number of carbonyl (C=O) groups excluding carboxylic acids is 1. The summed E-state index contributed by atoms with van der Waals surface area (Å²) in [6, 6.07) is 16.4. The minimum Gasteiger partial charge on any atom is -0.324 e. The smallest absolute Gasteiger partial charge is 0.262 e. The summed E-state index contributed by atoms with van der Waals surface area (Å²) >= 11 is 3.40. The summed E-state index contributed by atoms with van der Waals surface area (Å²) in [7, 11) is 0. The highest BCUT2D eigenvalue weighted by Crippen LogP contribution is 2.21. The molecule has 0 bridgehead atoms. The number of aryl methyl sites for hydroxylation is 1. The van der Waals surface area contributed by atoms with E-state index in [9.17, 15) is 9.59 Å². The van der Waals surface area contributed by atoms with E-state index in [1.165, 1.54) is 4.57 Å². The average molecular weight is 411 g/mol. The van der Waals surface area contributed by atoms with Gasteiger partial charge in [-0.05, 0) is 47.1 Å². The molecule has 0 aliphatic rings. The molecular formula is C19H15BrN4O2. The van der Waals surface area contributed by atoms with Gasteiger partial charge in [-0.15, -0.1) is 0 Å². The summed E-state index contributed by atoms with van der Waals surface area (Å²) < 4.78 is 3.94. The molecule has 0 aliphatic heterocycles. The van der Waals surface area contributed by atoms with Gasteiger partial charge in [0.2, 0.25) is 5.91 Å². The van der Waals surface area contributed by atoms with Crippen LogP contribution in [0.3, 0.4) is 0 Å². The Morgan fingerprint density at radius 2 is 1.88 bits per heavy atom. The molecule has 2 aromatic heterocycles. The molecule has 4 aromatic rings. The van der Waals surface area contributed by atoms with Crippen LogP contribution >= 0.6 is 15.9 Å². The maximum absolute atomic E-state index is 12.9. The number of amides is 1. The average Bonchev–Trinajstić information content (AvgIpc) is 3.02. The van der Waals surface area contributed by atoms with E-state index >= 15 is 0 Å². The molecular weight excluding hydrogens is 396 g/mol. The van der Waals surface area contributed by atoms with Gasteiger partial charge >= 0.3 is 0 Å². The number of nitrogens with one attached hydrogen (secondary N) is 1. The van der Waals surface area contributed by atoms with E-state index in [1.54, 1.807) is 28.8 Å². The fraction of sp³-hybridized carbons (Fsp3) is 0.105. The predicted molar refractivity (Wildman–Crippen MR) is 104 cm³/mol. The molecule has 4 rings (SSSR count). The van der Waals surface area contributed by atoms with Crippen LogP contribution in [0.15, 0.2) is 63.9 Å². The maximum Gasteiger partial charge on any atom is 0.262 e. The molecule has 0 saturated carbocycles. The van der Waals surface area contributed by atoms with E-state index in [1.807, 2.05) is 37.3 Å². The van der Waals surface area contributed by atoms with Gasteiger partial charge in [0.05, 0.1) is 22.3 Å². The van der Waals surface area contributed by atoms with Gasteiger partial charge in [0, 0.05) is 10.5 Å². The molecule has 7 heteroatoms. The molecule has 0 fully saturated rings. The normalized spacial score (nSPS) is 11.2. The van der Waals surface area contributed by atoms with Crippen LogP contribution in [0.2, 0.25) is 0 Å². The largest absolute Gasteiger partial charge is 0.324 e. The third-order valence-electron chi connectivity index (χ3n) is 4.15. The first-order valence-electron chi connectivity index (χ1n) is 8.07. The molecule has 0 aliphatic carbocycles. The minimum atomic E-state index is -0.282. The molecule has 2 heterocycles. The Kier molecular flexibility index (Phi) is 4.08. The number of benzene rings is 2. The van der Waals surface area contributed by atoms with Crippen LogP contribution in [0.25, 0.3) is 16.6 Å². The number of aromatic nitrogens is 3. The van der Waals surface area contributed by atoms with Crippen molar-refractivity contribution in [2.45, 2.75) is 13.5 Å². The highest BCUT2D eigenvalue weighted by Gasteiger charge is 2.15. The molecule has 26 heavy (non-hydrogen) atoms. The molecule has 6 nitrogen and oxygen atoms in total. The predicted octanol–water partition coefficient (Wildman–Crippen LogP) is 3.36. The highest BCUT2D eigenvalue weighted by atomic mass is 79.9. The van der Waals surface area contributed by atoms with Crippen molar-refractivity contribution in [2.75, 3.05) is 5.32 Å². The lowest BCUT2D eigenvalue weighted by Crippen LogP contribution is -2.29. The van der Waals surface area contributed by atoms with Crippen molar-refractivity contribution in [3.63, 3.8) is 0 Å². The number of hydrogen-bond acceptors (Lipinski definition) is 3. The zero-order chi connectivity index (χ0) is 18.3. The Hall–Kier alpha value is -2.93. The molecule has 130 valence electrons. The van der Waals surface area contributed by atoms with Gasteiger partial charge in [-0.1, -0.05) is 24.3 Å². The Balaban J connectivity index is 1.80. The summed E-state index contributed by atoms with van der Waals surface area (Å²) in [5.41, 5.74) is 2.54. The molecule has 0 unspecified atom stereocenters. The van der Waals surface area contributed by atoms with Crippen molar-refractivity contribution >= 4 is 44.1 Å². The molecule has 1 N–H and O–H groups in total. The number of nitrogens with zero attached hydrogens (tertiary/aromatic N) is 3. The zero-order valence-corrected chi connectivity index (χ0v) is 15.5. The zero-order valence-electron chi connectivity index (χ0n) is 13.9. The van der Waals surface area contributed by atoms with Gasteiger partial charge in [-0.3, -0.25) is 14.2 Å². The summed E-state index contributed by atoms with van der Waals surface area (Å²) in [4.78, 5) is 25.5. The quantitative estimate of drug-likeness (QED) is 0.562. The fourth-order valence-corrected chi connectivity index (χ4v) is 3.38. The summed E-state index contributed by atoms with van der Waals surface area (Å²) in [6.07, 6.45) is 0. The van der Waals surface area contributed by atoms with Crippen LogP contribution in [0.1, 0.15) is 5.69 Å². The van der Waals surface area contributed by atoms with Crippen LogP contribution in [-0.2, 0) is 11.3 Å². The van der Waals surface area contributed by atoms with Crippen LogP contribution in [0.5, 0.6) is 0 Å². The number of carbonyl (C=O) groups is 1. The van der Waals surface area contributed by atoms with Crippen molar-refractivity contribution in [2.24, 2.45) is 0 Å². The fourth-order valence-electron chi connectivity index (χ4n) is 2.99. The highest BCUT2D eigenvalue weighted by molar-refractivity contribution is 9.10. The number of anilines is 1. The lowest BCUT2D eigenvalue weighted by molar-refractivity contribution is -0.116. The lowest BCUT2D eigenvalue weighted by atomic mass is 10.2. The van der Waals surface area contributed by atoms with Gasteiger partial charge in [0.1, 0.15) is 12.2 Å². The van der Waals surface area contributed by atoms with Crippen molar-refractivity contribution in [3.05, 3.63) is 75.1 Å². The number of hydrogen-bond donors (Lipinski definition) is 1. The van der Waals surface area contributed by atoms with Crippen LogP contribution < -0.4 is 10.9 Å². The first kappa shape index (κ1) is 16.5. The molecule has 0 atom stereocenters. The molecule has 0 saturated heterocycles. The Bertz CT molecular complexity index is 1210. The van der Waals surface area contributed by atoms with Gasteiger partial charge in [0.25, 0.3) is 5.56 Å². The van der Waals surface area contributed by atoms with Crippen LogP contribution in [-0.4, -0.2) is 20.1 Å². The Labute approximate surface area is 157 Å². The third-order valence-corrected chi connectivity index (χ3v) is 4.84. The number of para-hydroxylation sites is 2. The minimum absolute atomic E-state index is 0.0976. The second-order valence-corrected chi connectivity index (χ2v) is 6.85. The topological polar surface area (TPSA) is 68.4 Å². The maximum atomic E-state index is 12.9. The van der Waals surface area contributed by atoms with Crippen molar-refractivity contribution in [3.8, 4) is 0 Å². The van der Waals surface area contributed by atoms with Gasteiger partial charge < -0.3 is 5.32 Å². The van der Waals surface area contributed by atoms with Crippen molar-refractivity contribution in [1.82, 2.24) is 14.2 Å². The first-order valence-corrected chi connectivity index (χ1v) is 8.86. The van der Waals surface area contributed by atoms with E-state index in [0.717, 1.165) is 15.7 Å². The lowest BCUT2D eigenvalue weighted by Gasteiger charge is -2.12. The third kappa shape index (κ3) is 2.80. The van der Waals surface area contributed by atoms with E-state index in [2.05, 4.69) is 26.3 Å². The second-order valence-electron chi connectivity index (χ2n) is 5.99. The molecule has 0 radical (unpaired) electrons. The summed E-state index contributed by atoms with van der Waals surface area (Å²) in [5.74, 6) is -0.282. The van der Waals surface area contributed by atoms with Crippen molar-refractivity contribution < 1.29 is 4.79 Å². The number of halogens is 1.